The lowest BCUT2D eigenvalue weighted by Crippen LogP contribution is -2.40. The Morgan fingerprint density at radius 2 is 2.44 bits per heavy atom. The summed E-state index contributed by atoms with van der Waals surface area (Å²) < 4.78 is 0. The summed E-state index contributed by atoms with van der Waals surface area (Å²) in [6, 6.07) is 0. The second kappa shape index (κ2) is 4.29. The van der Waals surface area contributed by atoms with Crippen molar-refractivity contribution in [1.29, 1.82) is 0 Å². The predicted octanol–water partition coefficient (Wildman–Crippen LogP) is 0.591. The number of thiazole rings is 1. The quantitative estimate of drug-likeness (QED) is 0.868. The topological polar surface area (TPSA) is 56.7 Å². The molecule has 2 aliphatic rings. The summed E-state index contributed by atoms with van der Waals surface area (Å²) in [7, 11) is 2.01. The molecule has 3 heterocycles. The van der Waals surface area contributed by atoms with Crippen LogP contribution in [-0.4, -0.2) is 59.1 Å². The molecule has 2 fully saturated rings. The second-order valence-electron chi connectivity index (χ2n) is 5.49. The highest BCUT2D eigenvalue weighted by Gasteiger charge is 2.56. The Morgan fingerprint density at radius 1 is 1.61 bits per heavy atom. The van der Waals surface area contributed by atoms with Crippen LogP contribution in [0.5, 0.6) is 0 Å². The fraction of sp³-hybridized carbons (Fsp3) is 0.667. The number of carboxylic acid groups (broad SMARTS) is 1. The first kappa shape index (κ1) is 12.1. The van der Waals surface area contributed by atoms with E-state index in [-0.39, 0.29) is 5.92 Å². The average molecular weight is 267 g/mol. The number of hydrogen-bond acceptors (Lipinski definition) is 5. The average Bonchev–Trinajstić information content (AvgIpc) is 2.93. The number of hydrogen-bond donors (Lipinski definition) is 1. The molecule has 0 unspecified atom stereocenters. The lowest BCUT2D eigenvalue weighted by atomic mass is 9.81. The molecule has 0 bridgehead atoms. The third kappa shape index (κ3) is 1.84. The van der Waals surface area contributed by atoms with Gasteiger partial charge in [-0.2, -0.15) is 0 Å². The Morgan fingerprint density at radius 3 is 3.06 bits per heavy atom. The van der Waals surface area contributed by atoms with Gasteiger partial charge in [-0.3, -0.25) is 14.7 Å². The summed E-state index contributed by atoms with van der Waals surface area (Å²) in [6.07, 6.45) is 1.87. The molecular weight excluding hydrogens is 250 g/mol. The molecule has 1 aromatic rings. The highest BCUT2D eigenvalue weighted by molar-refractivity contribution is 7.09. The maximum absolute atomic E-state index is 11.6. The van der Waals surface area contributed by atoms with Crippen molar-refractivity contribution in [1.82, 2.24) is 14.8 Å². The molecular formula is C12H17N3O2S. The minimum absolute atomic E-state index is 0.257. The van der Waals surface area contributed by atoms with Gasteiger partial charge in [-0.15, -0.1) is 11.3 Å². The summed E-state index contributed by atoms with van der Waals surface area (Å²) in [4.78, 5) is 21.3. The molecule has 5 nitrogen and oxygen atoms in total. The SMILES string of the molecule is CN1C[C@H]2CN(Cc3cncs3)C[C@@]2(C(=O)O)C1. The van der Waals surface area contributed by atoms with Crippen LogP contribution >= 0.6 is 11.3 Å². The molecule has 0 spiro atoms. The van der Waals surface area contributed by atoms with Crippen molar-refractivity contribution in [2.24, 2.45) is 11.3 Å². The number of rotatable bonds is 3. The molecule has 0 amide bonds. The number of carbonyl (C=O) groups is 1. The number of aliphatic carboxylic acids is 1. The van der Waals surface area contributed by atoms with Crippen LogP contribution in [0.3, 0.4) is 0 Å². The van der Waals surface area contributed by atoms with Crippen LogP contribution < -0.4 is 0 Å². The van der Waals surface area contributed by atoms with Crippen LogP contribution in [0.25, 0.3) is 0 Å². The van der Waals surface area contributed by atoms with Gasteiger partial charge in [0.2, 0.25) is 0 Å². The second-order valence-corrected chi connectivity index (χ2v) is 6.46. The van der Waals surface area contributed by atoms with E-state index in [0.717, 1.165) is 19.6 Å². The lowest BCUT2D eigenvalue weighted by Gasteiger charge is -2.23. The summed E-state index contributed by atoms with van der Waals surface area (Å²) in [5, 5.41) is 9.57. The lowest BCUT2D eigenvalue weighted by molar-refractivity contribution is -0.148. The molecule has 0 radical (unpaired) electrons. The van der Waals surface area contributed by atoms with E-state index < -0.39 is 11.4 Å². The first-order valence-corrected chi connectivity index (χ1v) is 7.00. The van der Waals surface area contributed by atoms with Gasteiger partial charge in [-0.25, -0.2) is 0 Å². The van der Waals surface area contributed by atoms with Gasteiger partial charge in [0, 0.05) is 49.7 Å². The summed E-state index contributed by atoms with van der Waals surface area (Å²) in [5.41, 5.74) is 1.27. The van der Waals surface area contributed by atoms with E-state index in [9.17, 15) is 9.90 Å². The standard InChI is InChI=1S/C12H17N3O2S/c1-14-3-9-4-15(5-10-2-13-8-18-10)7-12(9,6-14)11(16)17/h2,8-9H,3-7H2,1H3,(H,16,17)/t9-,12-/m0/s1. The first-order chi connectivity index (χ1) is 8.60. The van der Waals surface area contributed by atoms with E-state index in [4.69, 9.17) is 0 Å². The molecule has 98 valence electrons. The largest absolute Gasteiger partial charge is 0.481 e. The van der Waals surface area contributed by atoms with Crippen molar-refractivity contribution in [2.75, 3.05) is 33.2 Å². The molecule has 1 N–H and O–H groups in total. The van der Waals surface area contributed by atoms with Gasteiger partial charge in [0.25, 0.3) is 0 Å². The van der Waals surface area contributed by atoms with Gasteiger partial charge in [-0.1, -0.05) is 0 Å². The minimum atomic E-state index is -0.636. The molecule has 0 saturated carbocycles. The molecule has 0 aromatic carbocycles. The first-order valence-electron chi connectivity index (χ1n) is 6.12. The van der Waals surface area contributed by atoms with Crippen molar-refractivity contribution in [3.63, 3.8) is 0 Å². The molecule has 18 heavy (non-hydrogen) atoms. The van der Waals surface area contributed by atoms with E-state index in [1.54, 1.807) is 11.3 Å². The van der Waals surface area contributed by atoms with Crippen molar-refractivity contribution in [3.05, 3.63) is 16.6 Å². The molecule has 1 aromatic heterocycles. The summed E-state index contributed by atoms with van der Waals surface area (Å²) in [5.74, 6) is -0.378. The van der Waals surface area contributed by atoms with Crippen LogP contribution in [0.1, 0.15) is 4.88 Å². The van der Waals surface area contributed by atoms with E-state index in [2.05, 4.69) is 14.8 Å². The molecule has 2 saturated heterocycles. The Bertz CT molecular complexity index is 450. The van der Waals surface area contributed by atoms with E-state index >= 15 is 0 Å². The number of nitrogens with zero attached hydrogens (tertiary/aromatic N) is 3. The number of aromatic nitrogens is 1. The van der Waals surface area contributed by atoms with Crippen molar-refractivity contribution < 1.29 is 9.90 Å². The smallest absolute Gasteiger partial charge is 0.312 e. The van der Waals surface area contributed by atoms with E-state index in [0.29, 0.717) is 13.1 Å². The molecule has 3 rings (SSSR count). The highest BCUT2D eigenvalue weighted by Crippen LogP contribution is 2.42. The zero-order valence-electron chi connectivity index (χ0n) is 10.4. The Kier molecular flexibility index (Phi) is 2.88. The van der Waals surface area contributed by atoms with Gasteiger partial charge in [0.05, 0.1) is 10.9 Å². The Hall–Kier alpha value is -0.980. The number of likely N-dealkylation sites (tertiary alicyclic amines) is 2. The van der Waals surface area contributed by atoms with Gasteiger partial charge >= 0.3 is 5.97 Å². The third-order valence-electron chi connectivity index (χ3n) is 4.14. The zero-order valence-corrected chi connectivity index (χ0v) is 11.2. The predicted molar refractivity (Wildman–Crippen MR) is 68.4 cm³/mol. The Balaban J connectivity index is 1.75. The fourth-order valence-electron chi connectivity index (χ4n) is 3.38. The van der Waals surface area contributed by atoms with Crippen LogP contribution in [-0.2, 0) is 11.3 Å². The van der Waals surface area contributed by atoms with Gasteiger partial charge in [-0.05, 0) is 7.05 Å². The minimum Gasteiger partial charge on any atom is -0.481 e. The van der Waals surface area contributed by atoms with Crippen molar-refractivity contribution in [2.45, 2.75) is 6.54 Å². The molecule has 6 heteroatoms. The number of carboxylic acids is 1. The van der Waals surface area contributed by atoms with Gasteiger partial charge in [0.1, 0.15) is 0 Å². The monoisotopic (exact) mass is 267 g/mol. The van der Waals surface area contributed by atoms with Crippen LogP contribution in [0.15, 0.2) is 11.7 Å². The maximum atomic E-state index is 11.6. The normalized spacial score (nSPS) is 32.8. The van der Waals surface area contributed by atoms with Crippen molar-refractivity contribution in [3.8, 4) is 0 Å². The third-order valence-corrected chi connectivity index (χ3v) is 4.90. The summed E-state index contributed by atoms with van der Waals surface area (Å²) >= 11 is 1.64. The maximum Gasteiger partial charge on any atom is 0.312 e. The Labute approximate surface area is 110 Å². The van der Waals surface area contributed by atoms with Crippen LogP contribution in [0.2, 0.25) is 0 Å². The van der Waals surface area contributed by atoms with E-state index in [1.807, 2.05) is 18.8 Å². The van der Waals surface area contributed by atoms with Crippen molar-refractivity contribution >= 4 is 17.3 Å². The zero-order chi connectivity index (χ0) is 12.8. The summed E-state index contributed by atoms with van der Waals surface area (Å²) in [6.45, 7) is 3.95. The van der Waals surface area contributed by atoms with Crippen LogP contribution in [0.4, 0.5) is 0 Å². The highest BCUT2D eigenvalue weighted by atomic mass is 32.1. The molecule has 2 atom stereocenters. The molecule has 2 aliphatic heterocycles. The van der Waals surface area contributed by atoms with Crippen LogP contribution in [0, 0.1) is 11.3 Å². The fourth-order valence-corrected chi connectivity index (χ4v) is 4.02. The molecule has 0 aliphatic carbocycles. The van der Waals surface area contributed by atoms with Gasteiger partial charge in [0.15, 0.2) is 0 Å². The van der Waals surface area contributed by atoms with E-state index in [1.165, 1.54) is 4.88 Å². The van der Waals surface area contributed by atoms with Gasteiger partial charge < -0.3 is 10.0 Å². The number of fused-ring (bicyclic) bond motifs is 1.